The van der Waals surface area contributed by atoms with Crippen LogP contribution in [-0.4, -0.2) is 34.7 Å². The number of nitrogens with zero attached hydrogens (tertiary/aromatic N) is 1. The summed E-state index contributed by atoms with van der Waals surface area (Å²) in [4.78, 5) is 50.9. The van der Waals surface area contributed by atoms with Crippen LogP contribution in [0.5, 0.6) is 0 Å². The van der Waals surface area contributed by atoms with Crippen molar-refractivity contribution in [1.82, 2.24) is 10.2 Å². The number of nitrogens with one attached hydrogen (secondary N) is 3. The first-order chi connectivity index (χ1) is 14.7. The van der Waals surface area contributed by atoms with Gasteiger partial charge in [-0.05, 0) is 50.1 Å². The molecule has 2 atom stereocenters. The Labute approximate surface area is 181 Å². The molecule has 2 aromatic rings. The van der Waals surface area contributed by atoms with E-state index in [0.29, 0.717) is 23.4 Å². The molecule has 8 heteroatoms. The molecule has 1 heterocycles. The number of aryl methyl sites for hydroxylation is 1. The Morgan fingerprint density at radius 1 is 1.00 bits per heavy atom. The van der Waals surface area contributed by atoms with E-state index < -0.39 is 29.4 Å². The Morgan fingerprint density at radius 3 is 2.06 bits per heavy atom. The average molecular weight is 422 g/mol. The van der Waals surface area contributed by atoms with Crippen LogP contribution in [0.1, 0.15) is 38.3 Å². The predicted molar refractivity (Wildman–Crippen MR) is 117 cm³/mol. The van der Waals surface area contributed by atoms with Crippen LogP contribution in [0.4, 0.5) is 16.2 Å². The summed E-state index contributed by atoms with van der Waals surface area (Å²) in [6.45, 7) is 6.68. The van der Waals surface area contributed by atoms with Gasteiger partial charge in [0.2, 0.25) is 11.8 Å². The normalized spacial score (nSPS) is 19.0. The number of rotatable bonds is 6. The monoisotopic (exact) mass is 422 g/mol. The zero-order valence-electron chi connectivity index (χ0n) is 18.0. The van der Waals surface area contributed by atoms with Crippen LogP contribution < -0.4 is 16.0 Å². The van der Waals surface area contributed by atoms with Crippen molar-refractivity contribution in [1.29, 1.82) is 0 Å². The van der Waals surface area contributed by atoms with E-state index in [1.165, 1.54) is 13.8 Å². The van der Waals surface area contributed by atoms with Crippen molar-refractivity contribution in [2.24, 2.45) is 0 Å². The largest absolute Gasteiger partial charge is 0.326 e. The fourth-order valence-corrected chi connectivity index (χ4v) is 3.63. The van der Waals surface area contributed by atoms with Gasteiger partial charge in [-0.3, -0.25) is 14.4 Å². The Bertz CT molecular complexity index is 1020. The number of amides is 5. The first kappa shape index (κ1) is 22.0. The van der Waals surface area contributed by atoms with Gasteiger partial charge in [0.05, 0.1) is 0 Å². The molecular formula is C23H26N4O4. The quantitative estimate of drug-likeness (QED) is 0.622. The minimum Gasteiger partial charge on any atom is -0.326 e. The number of imide groups is 1. The van der Waals surface area contributed by atoms with Gasteiger partial charge in [-0.15, -0.1) is 0 Å². The van der Waals surface area contributed by atoms with Crippen LogP contribution in [0.15, 0.2) is 48.5 Å². The van der Waals surface area contributed by atoms with E-state index >= 15 is 0 Å². The fraction of sp³-hybridized carbons (Fsp3) is 0.304. The second kappa shape index (κ2) is 8.59. The lowest BCUT2D eigenvalue weighted by Gasteiger charge is -2.27. The molecule has 162 valence electrons. The summed E-state index contributed by atoms with van der Waals surface area (Å²) in [5.74, 6) is -1.14. The Kier molecular flexibility index (Phi) is 6.10. The third kappa shape index (κ3) is 4.28. The molecule has 3 rings (SSSR count). The number of carbonyl (C=O) groups is 4. The summed E-state index contributed by atoms with van der Waals surface area (Å²) >= 11 is 0. The second-order valence-electron chi connectivity index (χ2n) is 7.65. The van der Waals surface area contributed by atoms with Crippen LogP contribution in [0.25, 0.3) is 0 Å². The molecule has 1 aliphatic rings. The summed E-state index contributed by atoms with van der Waals surface area (Å²) in [6.07, 6.45) is 0.357. The third-order valence-corrected chi connectivity index (χ3v) is 5.44. The molecule has 0 aromatic heterocycles. The van der Waals surface area contributed by atoms with Crippen LogP contribution in [-0.2, 0) is 19.9 Å². The highest BCUT2D eigenvalue weighted by atomic mass is 16.2. The maximum Gasteiger partial charge on any atom is 0.326 e. The minimum absolute atomic E-state index is 0.197. The van der Waals surface area contributed by atoms with E-state index in [4.69, 9.17) is 0 Å². The molecule has 1 saturated heterocycles. The van der Waals surface area contributed by atoms with Gasteiger partial charge in [0.25, 0.3) is 5.91 Å². The van der Waals surface area contributed by atoms with Gasteiger partial charge in [-0.2, -0.15) is 0 Å². The second-order valence-corrected chi connectivity index (χ2v) is 7.65. The fourth-order valence-electron chi connectivity index (χ4n) is 3.63. The highest BCUT2D eigenvalue weighted by Gasteiger charge is 2.53. The van der Waals surface area contributed by atoms with E-state index in [1.54, 1.807) is 24.3 Å². The number of hydrogen-bond acceptors (Lipinski definition) is 4. The summed E-state index contributed by atoms with van der Waals surface area (Å²) < 4.78 is 0. The van der Waals surface area contributed by atoms with Gasteiger partial charge in [-0.1, -0.05) is 36.8 Å². The zero-order valence-corrected chi connectivity index (χ0v) is 18.0. The first-order valence-electron chi connectivity index (χ1n) is 10.1. The molecule has 2 aromatic carbocycles. The lowest BCUT2D eigenvalue weighted by Crippen LogP contribution is -2.47. The maximum absolute atomic E-state index is 13.3. The van der Waals surface area contributed by atoms with Crippen LogP contribution in [0, 0.1) is 6.92 Å². The molecule has 3 N–H and O–H groups in total. The van der Waals surface area contributed by atoms with Crippen molar-refractivity contribution in [2.75, 3.05) is 10.6 Å². The van der Waals surface area contributed by atoms with E-state index in [9.17, 15) is 19.2 Å². The van der Waals surface area contributed by atoms with Crippen molar-refractivity contribution in [3.8, 4) is 0 Å². The molecule has 31 heavy (non-hydrogen) atoms. The van der Waals surface area contributed by atoms with Gasteiger partial charge in [0.15, 0.2) is 0 Å². The first-order valence-corrected chi connectivity index (χ1v) is 10.1. The van der Waals surface area contributed by atoms with Crippen LogP contribution in [0.2, 0.25) is 0 Å². The van der Waals surface area contributed by atoms with Gasteiger partial charge in [0, 0.05) is 18.3 Å². The third-order valence-electron chi connectivity index (χ3n) is 5.44. The Morgan fingerprint density at radius 2 is 1.55 bits per heavy atom. The summed E-state index contributed by atoms with van der Waals surface area (Å²) in [6, 6.07) is 12.4. The lowest BCUT2D eigenvalue weighted by molar-refractivity contribution is -0.136. The van der Waals surface area contributed by atoms with Crippen molar-refractivity contribution >= 4 is 35.1 Å². The molecule has 0 spiro atoms. The molecule has 5 amide bonds. The Balaban J connectivity index is 1.77. The molecule has 1 fully saturated rings. The minimum atomic E-state index is -1.20. The van der Waals surface area contributed by atoms with Gasteiger partial charge < -0.3 is 16.0 Å². The van der Waals surface area contributed by atoms with Crippen molar-refractivity contribution in [2.45, 2.75) is 45.7 Å². The number of carbonyl (C=O) groups excluding carboxylic acids is 4. The molecule has 1 aliphatic heterocycles. The highest BCUT2D eigenvalue weighted by Crippen LogP contribution is 2.33. The summed E-state index contributed by atoms with van der Waals surface area (Å²) in [5, 5.41) is 8.14. The molecular weight excluding hydrogens is 396 g/mol. The zero-order chi connectivity index (χ0) is 22.8. The number of hydrogen-bond donors (Lipinski definition) is 3. The van der Waals surface area contributed by atoms with Crippen LogP contribution >= 0.6 is 0 Å². The topological polar surface area (TPSA) is 108 Å². The number of anilines is 2. The van der Waals surface area contributed by atoms with E-state index in [0.717, 1.165) is 10.5 Å². The lowest BCUT2D eigenvalue weighted by atomic mass is 9.86. The molecule has 0 radical (unpaired) electrons. The SMILES string of the molecule is CC[C@]1(c2ccc(C)cc2)NC(=O)N([C@H](C)C(=O)Nc2ccc(NC(C)=O)cc2)C1=O. The molecule has 0 unspecified atom stereocenters. The number of urea groups is 1. The highest BCUT2D eigenvalue weighted by molar-refractivity contribution is 6.11. The predicted octanol–water partition coefficient (Wildman–Crippen LogP) is 3.14. The van der Waals surface area contributed by atoms with Crippen LogP contribution in [0.3, 0.4) is 0 Å². The molecule has 0 bridgehead atoms. The Hall–Kier alpha value is -3.68. The average Bonchev–Trinajstić information content (AvgIpc) is 2.99. The molecule has 0 saturated carbocycles. The van der Waals surface area contributed by atoms with E-state index in [-0.39, 0.29) is 5.91 Å². The van der Waals surface area contributed by atoms with Gasteiger partial charge in [0.1, 0.15) is 11.6 Å². The van der Waals surface area contributed by atoms with Gasteiger partial charge in [-0.25, -0.2) is 9.69 Å². The molecule has 8 nitrogen and oxygen atoms in total. The molecule has 0 aliphatic carbocycles. The summed E-state index contributed by atoms with van der Waals surface area (Å²) in [5.41, 5.74) is 1.61. The van der Waals surface area contributed by atoms with Crippen molar-refractivity contribution in [3.63, 3.8) is 0 Å². The smallest absolute Gasteiger partial charge is 0.326 e. The summed E-state index contributed by atoms with van der Waals surface area (Å²) in [7, 11) is 0. The number of benzene rings is 2. The van der Waals surface area contributed by atoms with Crippen molar-refractivity contribution in [3.05, 3.63) is 59.7 Å². The standard InChI is InChI=1S/C23H26N4O4/c1-5-23(17-8-6-14(2)7-9-17)21(30)27(22(31)26-23)15(3)20(29)25-19-12-10-18(11-13-19)24-16(4)28/h6-13,15H,5H2,1-4H3,(H,24,28)(H,25,29)(H,26,31)/t15-,23-/m1/s1. The van der Waals surface area contributed by atoms with Gasteiger partial charge >= 0.3 is 6.03 Å². The van der Waals surface area contributed by atoms with Crippen molar-refractivity contribution < 1.29 is 19.2 Å². The maximum atomic E-state index is 13.3. The van der Waals surface area contributed by atoms with E-state index in [2.05, 4.69) is 16.0 Å². The van der Waals surface area contributed by atoms with E-state index in [1.807, 2.05) is 38.1 Å².